The van der Waals surface area contributed by atoms with Crippen molar-refractivity contribution in [3.05, 3.63) is 53.1 Å². The monoisotopic (exact) mass is 412 g/mol. The first kappa shape index (κ1) is 19.7. The number of pyridine rings is 1. The van der Waals surface area contributed by atoms with Gasteiger partial charge in [-0.3, -0.25) is 15.1 Å². The maximum absolute atomic E-state index is 13.6. The first-order valence-corrected chi connectivity index (χ1v) is 8.53. The first-order valence-electron chi connectivity index (χ1n) is 7.71. The summed E-state index contributed by atoms with van der Waals surface area (Å²) in [5.41, 5.74) is -0.743. The van der Waals surface area contributed by atoms with Crippen LogP contribution >= 0.6 is 11.3 Å². The van der Waals surface area contributed by atoms with E-state index < -0.39 is 23.5 Å². The highest BCUT2D eigenvalue weighted by atomic mass is 32.1. The topological polar surface area (TPSA) is 77.0 Å². The van der Waals surface area contributed by atoms with E-state index in [1.807, 2.05) is 0 Å². The minimum atomic E-state index is -4.87. The summed E-state index contributed by atoms with van der Waals surface area (Å²) in [5.74, 6) is -2.05. The molecule has 3 aromatic rings. The van der Waals surface area contributed by atoms with Crippen molar-refractivity contribution in [2.24, 2.45) is 0 Å². The fourth-order valence-corrected chi connectivity index (χ4v) is 2.95. The van der Waals surface area contributed by atoms with Crippen LogP contribution in [0.5, 0.6) is 5.19 Å². The average Bonchev–Trinajstić information content (AvgIpc) is 3.08. The summed E-state index contributed by atoms with van der Waals surface area (Å²) in [6.45, 7) is 1.62. The van der Waals surface area contributed by atoms with E-state index in [-0.39, 0.29) is 27.0 Å². The number of halogens is 4. The number of benzene rings is 1. The smallest absolute Gasteiger partial charge is 0.419 e. The van der Waals surface area contributed by atoms with Gasteiger partial charge in [-0.1, -0.05) is 11.2 Å². The molecular formula is C17H12F4N4O2S. The molecule has 6 nitrogen and oxygen atoms in total. The molecule has 1 aromatic carbocycles. The summed E-state index contributed by atoms with van der Waals surface area (Å²) in [4.78, 5) is 16.6. The van der Waals surface area contributed by atoms with Gasteiger partial charge in [-0.15, -0.1) is 5.10 Å². The Morgan fingerprint density at radius 1 is 1.21 bits per heavy atom. The maximum Gasteiger partial charge on any atom is 0.419 e. The molecule has 0 radical (unpaired) electrons. The highest BCUT2D eigenvalue weighted by molar-refractivity contribution is 7.17. The molecule has 11 heteroatoms. The number of ether oxygens (including phenoxy) is 1. The Labute approximate surface area is 160 Å². The highest BCUT2D eigenvalue weighted by Crippen LogP contribution is 2.35. The number of anilines is 1. The van der Waals surface area contributed by atoms with Crippen LogP contribution in [0.3, 0.4) is 0 Å². The van der Waals surface area contributed by atoms with Crippen molar-refractivity contribution in [2.45, 2.75) is 13.1 Å². The second-order valence-corrected chi connectivity index (χ2v) is 6.54. The third-order valence-corrected chi connectivity index (χ3v) is 4.47. The number of nitrogens with zero attached hydrogens (tertiary/aromatic N) is 3. The van der Waals surface area contributed by atoms with E-state index in [1.165, 1.54) is 25.4 Å². The summed E-state index contributed by atoms with van der Waals surface area (Å²) in [7, 11) is 1.39. The van der Waals surface area contributed by atoms with E-state index in [1.54, 1.807) is 6.92 Å². The molecule has 2 aromatic heterocycles. The molecule has 0 unspecified atom stereocenters. The molecule has 0 atom stereocenters. The third kappa shape index (κ3) is 4.09. The lowest BCUT2D eigenvalue weighted by atomic mass is 9.98. The number of aromatic nitrogens is 3. The van der Waals surface area contributed by atoms with Crippen LogP contribution in [0.15, 0.2) is 30.5 Å². The number of hydrogen-bond donors (Lipinski definition) is 1. The normalized spacial score (nSPS) is 11.4. The molecule has 146 valence electrons. The molecule has 1 N–H and O–H groups in total. The van der Waals surface area contributed by atoms with Crippen LogP contribution in [0.1, 0.15) is 21.6 Å². The van der Waals surface area contributed by atoms with Crippen LogP contribution in [0.4, 0.5) is 22.7 Å². The zero-order valence-electron chi connectivity index (χ0n) is 14.5. The fraction of sp³-hybridized carbons (Fsp3) is 0.176. The second kappa shape index (κ2) is 7.50. The Balaban J connectivity index is 2.03. The van der Waals surface area contributed by atoms with Gasteiger partial charge in [0.05, 0.1) is 18.2 Å². The van der Waals surface area contributed by atoms with E-state index >= 15 is 0 Å². The lowest BCUT2D eigenvalue weighted by Gasteiger charge is -2.13. The van der Waals surface area contributed by atoms with Crippen molar-refractivity contribution in [2.75, 3.05) is 12.4 Å². The Bertz CT molecular complexity index is 1040. The lowest BCUT2D eigenvalue weighted by Crippen LogP contribution is -2.14. The zero-order valence-corrected chi connectivity index (χ0v) is 15.3. The number of methoxy groups -OCH3 is 1. The van der Waals surface area contributed by atoms with Gasteiger partial charge in [0, 0.05) is 11.9 Å². The Hall–Kier alpha value is -3.08. The zero-order chi connectivity index (χ0) is 20.5. The largest absolute Gasteiger partial charge is 0.472 e. The van der Waals surface area contributed by atoms with E-state index in [2.05, 4.69) is 20.5 Å². The number of nitrogens with one attached hydrogen (secondary N) is 1. The molecule has 0 saturated carbocycles. The van der Waals surface area contributed by atoms with Crippen LogP contribution in [0, 0.1) is 12.7 Å². The summed E-state index contributed by atoms with van der Waals surface area (Å²) < 4.78 is 57.6. The molecule has 0 bridgehead atoms. The minimum absolute atomic E-state index is 0.000463. The summed E-state index contributed by atoms with van der Waals surface area (Å²) in [6.07, 6.45) is -3.64. The molecule has 3 rings (SSSR count). The van der Waals surface area contributed by atoms with Gasteiger partial charge in [0.25, 0.3) is 11.1 Å². The summed E-state index contributed by atoms with van der Waals surface area (Å²) in [6, 6.07) is 3.99. The van der Waals surface area contributed by atoms with E-state index in [9.17, 15) is 22.4 Å². The van der Waals surface area contributed by atoms with E-state index in [0.29, 0.717) is 17.8 Å². The van der Waals surface area contributed by atoms with Gasteiger partial charge in [-0.25, -0.2) is 4.39 Å². The standard InChI is InChI=1S/C17H12F4N4O2S/c1-8-5-10(9-3-4-13(18)12(6-9)17(19,20)21)11(7-22-8)14(26)23-15-24-25-16(27-2)28-15/h3-7H,1-2H3,(H,23,24,26). The van der Waals surface area contributed by atoms with Gasteiger partial charge in [0.1, 0.15) is 5.82 Å². The van der Waals surface area contributed by atoms with Gasteiger partial charge >= 0.3 is 6.18 Å². The third-order valence-electron chi connectivity index (χ3n) is 3.67. The van der Waals surface area contributed by atoms with Crippen molar-refractivity contribution in [1.82, 2.24) is 15.2 Å². The minimum Gasteiger partial charge on any atom is -0.472 e. The van der Waals surface area contributed by atoms with Crippen LogP contribution in [0.2, 0.25) is 0 Å². The van der Waals surface area contributed by atoms with E-state index in [0.717, 1.165) is 11.3 Å². The molecule has 0 aliphatic rings. The number of carbonyl (C=O) groups is 1. The predicted molar refractivity (Wildman–Crippen MR) is 93.8 cm³/mol. The molecule has 0 spiro atoms. The van der Waals surface area contributed by atoms with Gasteiger partial charge < -0.3 is 4.74 Å². The fourth-order valence-electron chi connectivity index (χ4n) is 2.40. The van der Waals surface area contributed by atoms with Gasteiger partial charge in [0.2, 0.25) is 5.13 Å². The van der Waals surface area contributed by atoms with Crippen molar-refractivity contribution in [3.63, 3.8) is 0 Å². The van der Waals surface area contributed by atoms with Crippen molar-refractivity contribution >= 4 is 22.4 Å². The van der Waals surface area contributed by atoms with Crippen molar-refractivity contribution < 1.29 is 27.1 Å². The Morgan fingerprint density at radius 2 is 1.96 bits per heavy atom. The first-order chi connectivity index (χ1) is 13.2. The second-order valence-electron chi connectivity index (χ2n) is 5.60. The van der Waals surface area contributed by atoms with Crippen LogP contribution < -0.4 is 10.1 Å². The maximum atomic E-state index is 13.6. The molecule has 0 fully saturated rings. The number of aryl methyl sites for hydroxylation is 1. The molecule has 0 saturated heterocycles. The molecular weight excluding hydrogens is 400 g/mol. The number of hydrogen-bond acceptors (Lipinski definition) is 6. The number of carbonyl (C=O) groups excluding carboxylic acids is 1. The molecule has 1 amide bonds. The number of rotatable bonds is 4. The molecule has 2 heterocycles. The van der Waals surface area contributed by atoms with Gasteiger partial charge in [-0.05, 0) is 47.6 Å². The number of amides is 1. The van der Waals surface area contributed by atoms with Gasteiger partial charge in [-0.2, -0.15) is 13.2 Å². The summed E-state index contributed by atoms with van der Waals surface area (Å²) >= 11 is 0.973. The predicted octanol–water partition coefficient (Wildman–Crippen LogP) is 4.33. The summed E-state index contributed by atoms with van der Waals surface area (Å²) in [5, 5.41) is 10.3. The van der Waals surface area contributed by atoms with Crippen LogP contribution in [0.25, 0.3) is 11.1 Å². The molecule has 0 aliphatic heterocycles. The van der Waals surface area contributed by atoms with Crippen LogP contribution in [-0.2, 0) is 6.18 Å². The average molecular weight is 412 g/mol. The van der Waals surface area contributed by atoms with Crippen molar-refractivity contribution in [3.8, 4) is 16.3 Å². The Morgan fingerprint density at radius 3 is 2.61 bits per heavy atom. The van der Waals surface area contributed by atoms with Crippen LogP contribution in [-0.4, -0.2) is 28.2 Å². The quantitative estimate of drug-likeness (QED) is 0.646. The van der Waals surface area contributed by atoms with E-state index in [4.69, 9.17) is 4.74 Å². The number of alkyl halides is 3. The molecule has 0 aliphatic carbocycles. The van der Waals surface area contributed by atoms with Gasteiger partial charge in [0.15, 0.2) is 0 Å². The highest BCUT2D eigenvalue weighted by Gasteiger charge is 2.34. The SMILES string of the molecule is COc1nnc(NC(=O)c2cnc(C)cc2-c2ccc(F)c(C(F)(F)F)c2)s1. The molecule has 28 heavy (non-hydrogen) atoms. The Kier molecular flexibility index (Phi) is 5.27. The lowest BCUT2D eigenvalue weighted by molar-refractivity contribution is -0.139. The van der Waals surface area contributed by atoms with Crippen molar-refractivity contribution in [1.29, 1.82) is 0 Å².